The molecule has 0 spiro atoms. The first-order valence-corrected chi connectivity index (χ1v) is 12.6. The molecular formula is C29H35ClN4O2. The van der Waals surface area contributed by atoms with Gasteiger partial charge in [-0.3, -0.25) is 9.78 Å². The van der Waals surface area contributed by atoms with Crippen LogP contribution in [0.1, 0.15) is 49.1 Å². The number of aryl methyl sites for hydroxylation is 1. The highest BCUT2D eigenvalue weighted by molar-refractivity contribution is 6.31. The number of halogens is 1. The second-order valence-electron chi connectivity index (χ2n) is 8.92. The Morgan fingerprint density at radius 1 is 1.25 bits per heavy atom. The van der Waals surface area contributed by atoms with Crippen molar-refractivity contribution in [1.82, 2.24) is 20.2 Å². The van der Waals surface area contributed by atoms with E-state index in [2.05, 4.69) is 27.8 Å². The van der Waals surface area contributed by atoms with Gasteiger partial charge in [-0.1, -0.05) is 50.2 Å². The van der Waals surface area contributed by atoms with Gasteiger partial charge in [-0.25, -0.2) is 4.98 Å². The van der Waals surface area contributed by atoms with Crippen LogP contribution in [0.5, 0.6) is 5.75 Å². The molecule has 1 amide bonds. The SMILES string of the molecule is C=C/C=C(/c1cc(C)nc2c(OCc3c(Cl)cncc3CNC(=O)C(CC)CC)cccc12)N(C)C. The lowest BCUT2D eigenvalue weighted by Gasteiger charge is -2.20. The molecular weight excluding hydrogens is 472 g/mol. The van der Waals surface area contributed by atoms with Gasteiger partial charge in [0.15, 0.2) is 0 Å². The van der Waals surface area contributed by atoms with E-state index in [1.807, 2.05) is 59.1 Å². The van der Waals surface area contributed by atoms with E-state index in [4.69, 9.17) is 21.3 Å². The average Bonchev–Trinajstić information content (AvgIpc) is 2.85. The van der Waals surface area contributed by atoms with Crippen LogP contribution in [0.15, 0.2) is 55.4 Å². The van der Waals surface area contributed by atoms with Crippen LogP contribution >= 0.6 is 11.6 Å². The van der Waals surface area contributed by atoms with Crippen LogP contribution in [-0.2, 0) is 17.9 Å². The summed E-state index contributed by atoms with van der Waals surface area (Å²) in [6, 6.07) is 7.99. The summed E-state index contributed by atoms with van der Waals surface area (Å²) in [5.41, 5.74) is 5.37. The molecule has 190 valence electrons. The van der Waals surface area contributed by atoms with Crippen LogP contribution in [0, 0.1) is 12.8 Å². The monoisotopic (exact) mass is 506 g/mol. The number of benzene rings is 1. The Morgan fingerprint density at radius 3 is 2.67 bits per heavy atom. The number of fused-ring (bicyclic) bond motifs is 1. The summed E-state index contributed by atoms with van der Waals surface area (Å²) in [5.74, 6) is 0.699. The highest BCUT2D eigenvalue weighted by Crippen LogP contribution is 2.32. The second-order valence-corrected chi connectivity index (χ2v) is 9.33. The number of allylic oxidation sites excluding steroid dienone is 2. The van der Waals surface area contributed by atoms with E-state index in [0.29, 0.717) is 17.3 Å². The van der Waals surface area contributed by atoms with Crippen LogP contribution in [-0.4, -0.2) is 34.9 Å². The van der Waals surface area contributed by atoms with Gasteiger partial charge in [-0.15, -0.1) is 0 Å². The molecule has 0 fully saturated rings. The Bertz CT molecular complexity index is 1270. The van der Waals surface area contributed by atoms with Crippen LogP contribution in [0.3, 0.4) is 0 Å². The molecule has 0 saturated carbocycles. The van der Waals surface area contributed by atoms with Crippen molar-refractivity contribution in [2.45, 2.75) is 46.8 Å². The molecule has 3 aromatic rings. The highest BCUT2D eigenvalue weighted by atomic mass is 35.5. The zero-order chi connectivity index (χ0) is 26.2. The standard InChI is InChI=1S/C29H35ClN4O2/c1-7-11-26(34(5)6)23-14-19(4)33-28-22(23)12-10-13-27(28)36-18-24-21(15-31-17-25(24)30)16-32-29(35)20(8-2)9-3/h7,10-15,17,20H,1,8-9,16,18H2,2-6H3,(H,32,35)/b26-11-. The van der Waals surface area contributed by atoms with Crippen molar-refractivity contribution < 1.29 is 9.53 Å². The van der Waals surface area contributed by atoms with E-state index >= 15 is 0 Å². The maximum Gasteiger partial charge on any atom is 0.223 e. The Morgan fingerprint density at radius 2 is 2.00 bits per heavy atom. The molecule has 3 rings (SSSR count). The lowest BCUT2D eigenvalue weighted by molar-refractivity contribution is -0.125. The molecule has 0 aliphatic carbocycles. The van der Waals surface area contributed by atoms with E-state index in [1.165, 1.54) is 0 Å². The second kappa shape index (κ2) is 12.5. The summed E-state index contributed by atoms with van der Waals surface area (Å²) < 4.78 is 6.29. The minimum atomic E-state index is -0.00164. The number of para-hydroxylation sites is 1. The van der Waals surface area contributed by atoms with Crippen molar-refractivity contribution in [1.29, 1.82) is 0 Å². The van der Waals surface area contributed by atoms with Crippen molar-refractivity contribution in [2.75, 3.05) is 14.1 Å². The van der Waals surface area contributed by atoms with Crippen LogP contribution in [0.25, 0.3) is 16.6 Å². The van der Waals surface area contributed by atoms with Gasteiger partial charge in [0.1, 0.15) is 17.9 Å². The Hall–Kier alpha value is -3.38. The highest BCUT2D eigenvalue weighted by Gasteiger charge is 2.17. The van der Waals surface area contributed by atoms with Gasteiger partial charge in [0, 0.05) is 66.9 Å². The Labute approximate surface area is 219 Å². The summed E-state index contributed by atoms with van der Waals surface area (Å²) in [6.07, 6.45) is 8.70. The molecule has 36 heavy (non-hydrogen) atoms. The van der Waals surface area contributed by atoms with Gasteiger partial charge in [0.25, 0.3) is 0 Å². The van der Waals surface area contributed by atoms with Crippen molar-refractivity contribution >= 4 is 34.1 Å². The lowest BCUT2D eigenvalue weighted by Crippen LogP contribution is -2.30. The van der Waals surface area contributed by atoms with Gasteiger partial charge in [0.2, 0.25) is 5.91 Å². The molecule has 6 nitrogen and oxygen atoms in total. The lowest BCUT2D eigenvalue weighted by atomic mass is 10.0. The zero-order valence-electron chi connectivity index (χ0n) is 21.8. The molecule has 0 aliphatic heterocycles. The molecule has 7 heteroatoms. The smallest absolute Gasteiger partial charge is 0.223 e. The third-order valence-corrected chi connectivity index (χ3v) is 6.57. The number of pyridine rings is 2. The fourth-order valence-electron chi connectivity index (χ4n) is 4.22. The summed E-state index contributed by atoms with van der Waals surface area (Å²) in [5, 5.41) is 4.50. The number of amides is 1. The molecule has 0 radical (unpaired) electrons. The zero-order valence-corrected chi connectivity index (χ0v) is 22.5. The van der Waals surface area contributed by atoms with Gasteiger partial charge in [0.05, 0.1) is 5.02 Å². The number of nitrogens with one attached hydrogen (secondary N) is 1. The topological polar surface area (TPSA) is 67.4 Å². The molecule has 1 N–H and O–H groups in total. The number of aromatic nitrogens is 2. The van der Waals surface area contributed by atoms with Gasteiger partial charge in [-0.2, -0.15) is 0 Å². The van der Waals surface area contributed by atoms with Crippen LogP contribution in [0.4, 0.5) is 0 Å². The molecule has 0 unspecified atom stereocenters. The number of nitrogens with zero attached hydrogens (tertiary/aromatic N) is 3. The van der Waals surface area contributed by atoms with E-state index in [9.17, 15) is 4.79 Å². The molecule has 0 aliphatic rings. The first kappa shape index (κ1) is 27.2. The van der Waals surface area contributed by atoms with Crippen LogP contribution in [0.2, 0.25) is 5.02 Å². The van der Waals surface area contributed by atoms with E-state index in [1.54, 1.807) is 18.5 Å². The molecule has 0 atom stereocenters. The summed E-state index contributed by atoms with van der Waals surface area (Å²) in [4.78, 5) is 23.6. The normalized spacial score (nSPS) is 11.6. The Kier molecular flexibility index (Phi) is 9.48. The first-order valence-electron chi connectivity index (χ1n) is 12.2. The van der Waals surface area contributed by atoms with Gasteiger partial charge < -0.3 is 15.0 Å². The molecule has 2 aromatic heterocycles. The molecule has 1 aromatic carbocycles. The number of carbonyl (C=O) groups excluding carboxylic acids is 1. The predicted octanol–water partition coefficient (Wildman–Crippen LogP) is 6.31. The molecule has 0 saturated heterocycles. The maximum absolute atomic E-state index is 12.5. The van der Waals surface area contributed by atoms with Crippen molar-refractivity contribution in [3.05, 3.63) is 82.8 Å². The third-order valence-electron chi connectivity index (χ3n) is 6.24. The number of hydrogen-bond acceptors (Lipinski definition) is 5. The number of hydrogen-bond donors (Lipinski definition) is 1. The number of carbonyl (C=O) groups is 1. The fourth-order valence-corrected chi connectivity index (χ4v) is 4.45. The van der Waals surface area contributed by atoms with Crippen molar-refractivity contribution in [2.24, 2.45) is 5.92 Å². The molecule has 2 heterocycles. The number of rotatable bonds is 11. The maximum atomic E-state index is 12.5. The summed E-state index contributed by atoms with van der Waals surface area (Å²) >= 11 is 6.51. The van der Waals surface area contributed by atoms with Crippen molar-refractivity contribution in [3.8, 4) is 5.75 Å². The third kappa shape index (κ3) is 6.24. The van der Waals surface area contributed by atoms with Gasteiger partial charge >= 0.3 is 0 Å². The predicted molar refractivity (Wildman–Crippen MR) is 148 cm³/mol. The van der Waals surface area contributed by atoms with E-state index < -0.39 is 0 Å². The average molecular weight is 507 g/mol. The minimum absolute atomic E-state index is 0.00164. The summed E-state index contributed by atoms with van der Waals surface area (Å²) in [7, 11) is 4.01. The minimum Gasteiger partial charge on any atom is -0.487 e. The molecule has 0 bridgehead atoms. The summed E-state index contributed by atoms with van der Waals surface area (Å²) in [6.45, 7) is 10.5. The largest absolute Gasteiger partial charge is 0.487 e. The Balaban J connectivity index is 1.92. The number of ether oxygens (including phenoxy) is 1. The first-order chi connectivity index (χ1) is 17.3. The van der Waals surface area contributed by atoms with Gasteiger partial charge in [-0.05, 0) is 43.5 Å². The quantitative estimate of drug-likeness (QED) is 0.308. The van der Waals surface area contributed by atoms with E-state index in [0.717, 1.165) is 51.8 Å². The van der Waals surface area contributed by atoms with Crippen molar-refractivity contribution in [3.63, 3.8) is 0 Å². The fraction of sp³-hybridized carbons (Fsp3) is 0.345. The van der Waals surface area contributed by atoms with E-state index in [-0.39, 0.29) is 18.4 Å². The van der Waals surface area contributed by atoms with Crippen LogP contribution < -0.4 is 10.1 Å².